The highest BCUT2D eigenvalue weighted by Crippen LogP contribution is 2.25. The zero-order valence-electron chi connectivity index (χ0n) is 12.7. The van der Waals surface area contributed by atoms with Crippen LogP contribution >= 0.6 is 15.9 Å². The summed E-state index contributed by atoms with van der Waals surface area (Å²) in [6.07, 6.45) is 4.34. The van der Waals surface area contributed by atoms with Gasteiger partial charge in [0.1, 0.15) is 12.0 Å². The fourth-order valence-corrected chi connectivity index (χ4v) is 3.43. The van der Waals surface area contributed by atoms with E-state index in [0.717, 1.165) is 56.0 Å². The number of hydrogen-bond donors (Lipinski definition) is 1. The second-order valence-corrected chi connectivity index (χ2v) is 7.00. The van der Waals surface area contributed by atoms with Crippen LogP contribution in [0.4, 0.5) is 10.2 Å². The fraction of sp³-hybridized carbons (Fsp3) is 0.688. The molecule has 4 nitrogen and oxygen atoms in total. The van der Waals surface area contributed by atoms with Gasteiger partial charge in [-0.15, -0.1) is 0 Å². The van der Waals surface area contributed by atoms with Gasteiger partial charge in [-0.25, -0.2) is 9.37 Å². The molecule has 1 aromatic heterocycles. The first-order chi connectivity index (χ1) is 10.7. The molecule has 1 saturated carbocycles. The van der Waals surface area contributed by atoms with Gasteiger partial charge in [0.2, 0.25) is 0 Å². The average molecular weight is 372 g/mol. The Kier molecular flexibility index (Phi) is 5.66. The van der Waals surface area contributed by atoms with E-state index in [1.165, 1.54) is 5.56 Å². The second kappa shape index (κ2) is 7.70. The Bertz CT molecular complexity index is 488. The van der Waals surface area contributed by atoms with Crippen LogP contribution in [0.15, 0.2) is 16.7 Å². The molecule has 1 aromatic rings. The van der Waals surface area contributed by atoms with Crippen molar-refractivity contribution in [3.8, 4) is 0 Å². The number of rotatable bonds is 4. The predicted octanol–water partition coefficient (Wildman–Crippen LogP) is 3.37. The zero-order chi connectivity index (χ0) is 15.4. The molecule has 6 heteroatoms. The minimum Gasteiger partial charge on any atom is -0.379 e. The molecular formula is C16H23BrFN3O. The van der Waals surface area contributed by atoms with Gasteiger partial charge in [-0.1, -0.05) is 0 Å². The number of ether oxygens (including phenoxy) is 1. The van der Waals surface area contributed by atoms with E-state index >= 15 is 0 Å². The molecule has 0 bridgehead atoms. The molecule has 0 atom stereocenters. The number of morpholine rings is 1. The van der Waals surface area contributed by atoms with Crippen LogP contribution in [0.25, 0.3) is 0 Å². The van der Waals surface area contributed by atoms with Crippen LogP contribution in [-0.4, -0.2) is 48.4 Å². The van der Waals surface area contributed by atoms with Crippen molar-refractivity contribution in [2.24, 2.45) is 0 Å². The molecule has 1 N–H and O–H groups in total. The lowest BCUT2D eigenvalue weighted by Gasteiger charge is -2.28. The van der Waals surface area contributed by atoms with Gasteiger partial charge in [-0.2, -0.15) is 0 Å². The maximum atomic E-state index is 13.2. The summed E-state index contributed by atoms with van der Waals surface area (Å²) in [7, 11) is 0. The van der Waals surface area contributed by atoms with Crippen molar-refractivity contribution in [3.63, 3.8) is 0 Å². The van der Waals surface area contributed by atoms with Crippen LogP contribution in [0.5, 0.6) is 0 Å². The third kappa shape index (κ3) is 4.40. The van der Waals surface area contributed by atoms with E-state index in [9.17, 15) is 4.39 Å². The number of nitrogens with zero attached hydrogens (tertiary/aromatic N) is 2. The van der Waals surface area contributed by atoms with Gasteiger partial charge < -0.3 is 10.1 Å². The van der Waals surface area contributed by atoms with Crippen molar-refractivity contribution >= 4 is 21.7 Å². The highest BCUT2D eigenvalue weighted by molar-refractivity contribution is 9.10. The van der Waals surface area contributed by atoms with Gasteiger partial charge in [-0.3, -0.25) is 4.90 Å². The van der Waals surface area contributed by atoms with Crippen molar-refractivity contribution < 1.29 is 9.13 Å². The van der Waals surface area contributed by atoms with Crippen LogP contribution in [-0.2, 0) is 11.3 Å². The fourth-order valence-electron chi connectivity index (χ4n) is 3.09. The standard InChI is InChI=1S/C16H23BrFN3O/c17-15-10-19-16(20-14-3-1-13(18)2-4-14)9-12(15)11-21-5-7-22-8-6-21/h9-10,13-14H,1-8,11H2,(H,19,20). The molecule has 2 heterocycles. The lowest BCUT2D eigenvalue weighted by molar-refractivity contribution is 0.0341. The smallest absolute Gasteiger partial charge is 0.126 e. The lowest BCUT2D eigenvalue weighted by Crippen LogP contribution is -2.35. The monoisotopic (exact) mass is 371 g/mol. The number of nitrogens with one attached hydrogen (secondary N) is 1. The van der Waals surface area contributed by atoms with Crippen molar-refractivity contribution in [2.75, 3.05) is 31.6 Å². The summed E-state index contributed by atoms with van der Waals surface area (Å²) in [6.45, 7) is 4.45. The molecule has 3 rings (SSSR count). The van der Waals surface area contributed by atoms with Crippen molar-refractivity contribution in [3.05, 3.63) is 22.3 Å². The molecule has 122 valence electrons. The summed E-state index contributed by atoms with van der Waals surface area (Å²) >= 11 is 3.59. The molecule has 0 aromatic carbocycles. The highest BCUT2D eigenvalue weighted by atomic mass is 79.9. The van der Waals surface area contributed by atoms with Crippen molar-refractivity contribution in [2.45, 2.75) is 44.4 Å². The number of alkyl halides is 1. The summed E-state index contributed by atoms with van der Waals surface area (Å²) in [4.78, 5) is 6.84. The number of aromatic nitrogens is 1. The van der Waals surface area contributed by atoms with Crippen LogP contribution in [0.1, 0.15) is 31.2 Å². The van der Waals surface area contributed by atoms with Crippen molar-refractivity contribution in [1.29, 1.82) is 0 Å². The summed E-state index contributed by atoms with van der Waals surface area (Å²) in [6, 6.07) is 2.46. The molecule has 1 aliphatic carbocycles. The van der Waals surface area contributed by atoms with Crippen LogP contribution in [0.2, 0.25) is 0 Å². The number of anilines is 1. The Morgan fingerprint density at radius 1 is 1.27 bits per heavy atom. The third-order valence-electron chi connectivity index (χ3n) is 4.44. The zero-order valence-corrected chi connectivity index (χ0v) is 14.3. The van der Waals surface area contributed by atoms with Crippen molar-refractivity contribution in [1.82, 2.24) is 9.88 Å². The molecule has 22 heavy (non-hydrogen) atoms. The maximum Gasteiger partial charge on any atom is 0.126 e. The third-order valence-corrected chi connectivity index (χ3v) is 5.16. The van der Waals surface area contributed by atoms with Gasteiger partial charge in [0.15, 0.2) is 0 Å². The van der Waals surface area contributed by atoms with E-state index in [4.69, 9.17) is 4.74 Å². The first-order valence-corrected chi connectivity index (χ1v) is 8.85. The summed E-state index contributed by atoms with van der Waals surface area (Å²) in [5.74, 6) is 0.897. The predicted molar refractivity (Wildman–Crippen MR) is 88.8 cm³/mol. The lowest BCUT2D eigenvalue weighted by atomic mass is 9.94. The van der Waals surface area contributed by atoms with Crippen LogP contribution in [0, 0.1) is 0 Å². The van der Waals surface area contributed by atoms with E-state index < -0.39 is 6.17 Å². The normalized spacial score (nSPS) is 26.8. The highest BCUT2D eigenvalue weighted by Gasteiger charge is 2.21. The Morgan fingerprint density at radius 2 is 2.00 bits per heavy atom. The Labute approximate surface area is 139 Å². The summed E-state index contributed by atoms with van der Waals surface area (Å²) < 4.78 is 19.6. The van der Waals surface area contributed by atoms with E-state index in [-0.39, 0.29) is 0 Å². The SMILES string of the molecule is FC1CCC(Nc2cc(CN3CCOCC3)c(Br)cn2)CC1. The molecule has 2 fully saturated rings. The maximum absolute atomic E-state index is 13.2. The van der Waals surface area contributed by atoms with Gasteiger partial charge in [0, 0.05) is 36.3 Å². The van der Waals surface area contributed by atoms with E-state index in [2.05, 4.69) is 37.2 Å². The Balaban J connectivity index is 1.61. The topological polar surface area (TPSA) is 37.4 Å². The molecule has 0 radical (unpaired) electrons. The molecule has 0 spiro atoms. The molecule has 0 unspecified atom stereocenters. The number of hydrogen-bond acceptors (Lipinski definition) is 4. The number of pyridine rings is 1. The molecular weight excluding hydrogens is 349 g/mol. The van der Waals surface area contributed by atoms with Crippen LogP contribution < -0.4 is 5.32 Å². The second-order valence-electron chi connectivity index (χ2n) is 6.14. The Hall–Kier alpha value is -0.720. The quantitative estimate of drug-likeness (QED) is 0.880. The summed E-state index contributed by atoms with van der Waals surface area (Å²) in [5.41, 5.74) is 1.23. The van der Waals surface area contributed by atoms with E-state index in [0.29, 0.717) is 18.9 Å². The molecule has 0 amide bonds. The molecule has 1 aliphatic heterocycles. The largest absolute Gasteiger partial charge is 0.379 e. The first-order valence-electron chi connectivity index (χ1n) is 8.06. The first kappa shape index (κ1) is 16.1. The van der Waals surface area contributed by atoms with Crippen LogP contribution in [0.3, 0.4) is 0 Å². The van der Waals surface area contributed by atoms with E-state index in [1.54, 1.807) is 0 Å². The molecule has 2 aliphatic rings. The van der Waals surface area contributed by atoms with Gasteiger partial charge in [0.25, 0.3) is 0 Å². The van der Waals surface area contributed by atoms with Gasteiger partial charge in [0.05, 0.1) is 13.2 Å². The van der Waals surface area contributed by atoms with E-state index in [1.807, 2.05) is 6.20 Å². The minimum absolute atomic E-state index is 0.344. The molecule has 1 saturated heterocycles. The van der Waals surface area contributed by atoms with Gasteiger partial charge >= 0.3 is 0 Å². The van der Waals surface area contributed by atoms with Gasteiger partial charge in [-0.05, 0) is 53.2 Å². The average Bonchev–Trinajstić information content (AvgIpc) is 2.54. The summed E-state index contributed by atoms with van der Waals surface area (Å²) in [5, 5.41) is 3.46. The minimum atomic E-state index is -0.618. The number of halogens is 2. The Morgan fingerprint density at radius 3 is 2.73 bits per heavy atom.